The Morgan fingerprint density at radius 1 is 1.33 bits per heavy atom. The lowest BCUT2D eigenvalue weighted by Gasteiger charge is -2.20. The molecule has 0 aliphatic carbocycles. The van der Waals surface area contributed by atoms with E-state index in [4.69, 9.17) is 4.74 Å². The van der Waals surface area contributed by atoms with Gasteiger partial charge in [-0.05, 0) is 17.7 Å². The van der Waals surface area contributed by atoms with E-state index < -0.39 is 18.6 Å². The summed E-state index contributed by atoms with van der Waals surface area (Å²) >= 11 is 0. The van der Waals surface area contributed by atoms with E-state index in [2.05, 4.69) is 15.6 Å². The first-order valence-electron chi connectivity index (χ1n) is 7.13. The lowest BCUT2D eigenvalue weighted by molar-refractivity contribution is -0.157. The minimum Gasteiger partial charge on any atom is -0.497 e. The molecule has 1 rings (SSSR count). The second-order valence-electron chi connectivity index (χ2n) is 5.00. The number of ether oxygens (including phenoxy) is 1. The van der Waals surface area contributed by atoms with Crippen LogP contribution in [-0.4, -0.2) is 57.2 Å². The molecule has 0 spiro atoms. The molecule has 0 aliphatic heterocycles. The van der Waals surface area contributed by atoms with Crippen molar-refractivity contribution in [3.8, 4) is 5.75 Å². The Balaban J connectivity index is 2.46. The fourth-order valence-corrected chi connectivity index (χ4v) is 1.84. The Hall–Kier alpha value is -2.45. The average Bonchev–Trinajstić information content (AvgIpc) is 2.53. The SMILES string of the molecule is CN=C(NCC(=O)N(C)CC(F)(F)F)NCc1cccc(OC)c1. The molecule has 1 aromatic carbocycles. The third-order valence-electron chi connectivity index (χ3n) is 3.07. The second kappa shape index (κ2) is 8.99. The van der Waals surface area contributed by atoms with Crippen LogP contribution in [0.15, 0.2) is 29.3 Å². The van der Waals surface area contributed by atoms with Gasteiger partial charge in [0.1, 0.15) is 12.3 Å². The summed E-state index contributed by atoms with van der Waals surface area (Å²) in [4.78, 5) is 16.2. The van der Waals surface area contributed by atoms with Crippen LogP contribution in [0.3, 0.4) is 0 Å². The van der Waals surface area contributed by atoms with Crippen molar-refractivity contribution in [1.29, 1.82) is 0 Å². The lowest BCUT2D eigenvalue weighted by Crippen LogP contribution is -2.45. The van der Waals surface area contributed by atoms with Crippen molar-refractivity contribution in [2.75, 3.05) is 34.3 Å². The predicted octanol–water partition coefficient (Wildman–Crippen LogP) is 1.38. The monoisotopic (exact) mass is 346 g/mol. The molecule has 0 radical (unpaired) electrons. The summed E-state index contributed by atoms with van der Waals surface area (Å²) in [6, 6.07) is 7.36. The first-order chi connectivity index (χ1) is 11.2. The van der Waals surface area contributed by atoms with Crippen molar-refractivity contribution in [1.82, 2.24) is 15.5 Å². The quantitative estimate of drug-likeness (QED) is 0.603. The van der Waals surface area contributed by atoms with E-state index in [1.54, 1.807) is 7.11 Å². The van der Waals surface area contributed by atoms with Crippen molar-refractivity contribution in [3.05, 3.63) is 29.8 Å². The average molecular weight is 346 g/mol. The lowest BCUT2D eigenvalue weighted by atomic mass is 10.2. The summed E-state index contributed by atoms with van der Waals surface area (Å²) in [5, 5.41) is 5.65. The highest BCUT2D eigenvalue weighted by Gasteiger charge is 2.31. The molecule has 2 N–H and O–H groups in total. The molecular weight excluding hydrogens is 325 g/mol. The van der Waals surface area contributed by atoms with Gasteiger partial charge in [-0.3, -0.25) is 9.79 Å². The number of nitrogens with zero attached hydrogens (tertiary/aromatic N) is 2. The molecule has 0 atom stereocenters. The number of alkyl halides is 3. The topological polar surface area (TPSA) is 66.0 Å². The van der Waals surface area contributed by atoms with Crippen molar-refractivity contribution < 1.29 is 22.7 Å². The van der Waals surface area contributed by atoms with Gasteiger partial charge in [0.2, 0.25) is 5.91 Å². The summed E-state index contributed by atoms with van der Waals surface area (Å²) < 4.78 is 41.8. The Bertz CT molecular complexity index is 576. The third-order valence-corrected chi connectivity index (χ3v) is 3.07. The minimum atomic E-state index is -4.42. The Morgan fingerprint density at radius 2 is 2.04 bits per heavy atom. The van der Waals surface area contributed by atoms with Gasteiger partial charge in [0, 0.05) is 20.6 Å². The van der Waals surface area contributed by atoms with Crippen LogP contribution in [0, 0.1) is 0 Å². The summed E-state index contributed by atoms with van der Waals surface area (Å²) in [7, 11) is 4.17. The van der Waals surface area contributed by atoms with Crippen molar-refractivity contribution in [2.24, 2.45) is 4.99 Å². The van der Waals surface area contributed by atoms with Crippen molar-refractivity contribution in [2.45, 2.75) is 12.7 Å². The number of hydrogen-bond acceptors (Lipinski definition) is 3. The highest BCUT2D eigenvalue weighted by atomic mass is 19.4. The number of nitrogens with one attached hydrogen (secondary N) is 2. The molecule has 1 aromatic rings. The number of rotatable bonds is 6. The molecule has 0 aromatic heterocycles. The number of halogens is 3. The van der Waals surface area contributed by atoms with Gasteiger partial charge in [0.05, 0.1) is 13.7 Å². The zero-order valence-corrected chi connectivity index (χ0v) is 13.8. The van der Waals surface area contributed by atoms with Gasteiger partial charge in [-0.25, -0.2) is 0 Å². The van der Waals surface area contributed by atoms with Gasteiger partial charge < -0.3 is 20.3 Å². The number of carbonyl (C=O) groups is 1. The Labute approximate surface area is 138 Å². The van der Waals surface area contributed by atoms with Crippen LogP contribution >= 0.6 is 0 Å². The fraction of sp³-hybridized carbons (Fsp3) is 0.467. The largest absolute Gasteiger partial charge is 0.497 e. The fourth-order valence-electron chi connectivity index (χ4n) is 1.84. The molecule has 134 valence electrons. The van der Waals surface area contributed by atoms with Crippen molar-refractivity contribution in [3.63, 3.8) is 0 Å². The summed E-state index contributed by atoms with van der Waals surface area (Å²) in [6.07, 6.45) is -4.42. The van der Waals surface area contributed by atoms with E-state index in [1.165, 1.54) is 7.05 Å². The van der Waals surface area contributed by atoms with Crippen LogP contribution in [0.4, 0.5) is 13.2 Å². The number of hydrogen-bond donors (Lipinski definition) is 2. The standard InChI is InChI=1S/C15H21F3N4O2/c1-19-14(20-8-11-5-4-6-12(7-11)24-3)21-9-13(23)22(2)10-15(16,17)18/h4-7H,8-10H2,1-3H3,(H2,19,20,21). The number of methoxy groups -OCH3 is 1. The maximum Gasteiger partial charge on any atom is 0.406 e. The van der Waals surface area contributed by atoms with Gasteiger partial charge in [-0.2, -0.15) is 13.2 Å². The summed E-state index contributed by atoms with van der Waals surface area (Å²) in [5.41, 5.74) is 0.929. The highest BCUT2D eigenvalue weighted by molar-refractivity contribution is 5.86. The maximum atomic E-state index is 12.2. The molecule has 0 saturated heterocycles. The van der Waals surface area contributed by atoms with E-state index >= 15 is 0 Å². The van der Waals surface area contributed by atoms with Crippen LogP contribution in [0.2, 0.25) is 0 Å². The van der Waals surface area contributed by atoms with E-state index in [-0.39, 0.29) is 6.54 Å². The van der Waals surface area contributed by atoms with E-state index in [1.807, 2.05) is 24.3 Å². The normalized spacial score (nSPS) is 11.8. The molecule has 0 aliphatic rings. The number of benzene rings is 1. The van der Waals surface area contributed by atoms with Gasteiger partial charge in [0.25, 0.3) is 0 Å². The smallest absolute Gasteiger partial charge is 0.406 e. The number of aliphatic imine (C=N–C) groups is 1. The molecule has 24 heavy (non-hydrogen) atoms. The van der Waals surface area contributed by atoms with Gasteiger partial charge in [-0.1, -0.05) is 12.1 Å². The van der Waals surface area contributed by atoms with E-state index in [0.717, 1.165) is 12.6 Å². The molecule has 9 heteroatoms. The van der Waals surface area contributed by atoms with Crippen molar-refractivity contribution >= 4 is 11.9 Å². The summed E-state index contributed by atoms with van der Waals surface area (Å²) in [6.45, 7) is -1.16. The predicted molar refractivity (Wildman–Crippen MR) is 84.9 cm³/mol. The summed E-state index contributed by atoms with van der Waals surface area (Å²) in [5.74, 6) is 0.337. The van der Waals surface area contributed by atoms with Crippen LogP contribution in [0.25, 0.3) is 0 Å². The molecule has 0 unspecified atom stereocenters. The molecule has 0 fully saturated rings. The van der Waals surface area contributed by atoms with Crippen LogP contribution < -0.4 is 15.4 Å². The van der Waals surface area contributed by atoms with Gasteiger partial charge >= 0.3 is 6.18 Å². The molecule has 0 bridgehead atoms. The number of guanidine groups is 1. The number of likely N-dealkylation sites (N-methyl/N-ethyl adjacent to an activating group) is 1. The van der Waals surface area contributed by atoms with Crippen LogP contribution in [0.5, 0.6) is 5.75 Å². The first-order valence-corrected chi connectivity index (χ1v) is 7.13. The van der Waals surface area contributed by atoms with Crippen LogP contribution in [-0.2, 0) is 11.3 Å². The third kappa shape index (κ3) is 7.21. The zero-order chi connectivity index (χ0) is 18.2. The van der Waals surface area contributed by atoms with E-state index in [0.29, 0.717) is 23.2 Å². The first kappa shape index (κ1) is 19.6. The molecule has 0 saturated carbocycles. The minimum absolute atomic E-state index is 0.287. The zero-order valence-electron chi connectivity index (χ0n) is 13.8. The number of carbonyl (C=O) groups excluding carboxylic acids is 1. The highest BCUT2D eigenvalue weighted by Crippen LogP contribution is 2.15. The maximum absolute atomic E-state index is 12.2. The van der Waals surface area contributed by atoms with E-state index in [9.17, 15) is 18.0 Å². The molecule has 0 heterocycles. The second-order valence-corrected chi connectivity index (χ2v) is 5.00. The van der Waals surface area contributed by atoms with Crippen LogP contribution in [0.1, 0.15) is 5.56 Å². The molecular formula is C15H21F3N4O2. The Kier molecular flexibility index (Phi) is 7.34. The number of amides is 1. The van der Waals surface area contributed by atoms with Gasteiger partial charge in [-0.15, -0.1) is 0 Å². The molecule has 6 nitrogen and oxygen atoms in total. The molecule has 1 amide bonds. The van der Waals surface area contributed by atoms with Gasteiger partial charge in [0.15, 0.2) is 5.96 Å². The Morgan fingerprint density at radius 3 is 2.62 bits per heavy atom.